The van der Waals surface area contributed by atoms with E-state index in [0.29, 0.717) is 37.5 Å². The van der Waals surface area contributed by atoms with Gasteiger partial charge in [0, 0.05) is 13.0 Å². The Morgan fingerprint density at radius 1 is 1.09 bits per heavy atom. The third-order valence-electron chi connectivity index (χ3n) is 10.9. The maximum Gasteiger partial charge on any atom is 0.220 e. The van der Waals surface area contributed by atoms with Gasteiger partial charge in [-0.2, -0.15) is 0 Å². The number of carbonyl (C=O) groups excluding carboxylic acids is 1. The third kappa shape index (κ3) is 5.17. The maximum atomic E-state index is 12.2. The Bertz CT molecular complexity index is 896. The van der Waals surface area contributed by atoms with Crippen LogP contribution in [0.2, 0.25) is 0 Å². The van der Waals surface area contributed by atoms with E-state index in [0.717, 1.165) is 25.7 Å². The van der Waals surface area contributed by atoms with Gasteiger partial charge in [0.15, 0.2) is 0 Å². The van der Waals surface area contributed by atoms with Gasteiger partial charge in [0.1, 0.15) is 0 Å². The summed E-state index contributed by atoms with van der Waals surface area (Å²) < 4.78 is 32.2. The van der Waals surface area contributed by atoms with Crippen LogP contribution in [0.15, 0.2) is 0 Å². The van der Waals surface area contributed by atoms with Crippen LogP contribution in [0, 0.1) is 46.3 Å². The van der Waals surface area contributed by atoms with Crippen LogP contribution in [0.3, 0.4) is 0 Å². The van der Waals surface area contributed by atoms with Gasteiger partial charge >= 0.3 is 0 Å². The van der Waals surface area contributed by atoms with Crippen molar-refractivity contribution in [2.45, 2.75) is 96.9 Å². The molecule has 0 spiro atoms. The molecule has 0 unspecified atom stereocenters. The van der Waals surface area contributed by atoms with Gasteiger partial charge in [-0.05, 0) is 97.7 Å². The molecule has 0 saturated heterocycles. The van der Waals surface area contributed by atoms with E-state index in [1.807, 2.05) is 0 Å². The van der Waals surface area contributed by atoms with Crippen molar-refractivity contribution in [2.75, 3.05) is 12.3 Å². The molecule has 0 radical (unpaired) electrons. The minimum atomic E-state index is -4.34. The molecule has 202 valence electrons. The average molecular weight is 515 g/mol. The van der Waals surface area contributed by atoms with Crippen LogP contribution < -0.4 is 5.32 Å². The number of fused-ring (bicyclic) bond motifs is 5. The lowest BCUT2D eigenvalue weighted by Gasteiger charge is -2.63. The molecular formula is C26H44NO7S-. The van der Waals surface area contributed by atoms with Crippen molar-refractivity contribution in [1.82, 2.24) is 5.32 Å². The molecule has 8 nitrogen and oxygen atoms in total. The summed E-state index contributed by atoms with van der Waals surface area (Å²) in [6.45, 7) is 6.55. The van der Waals surface area contributed by atoms with Crippen LogP contribution in [0.1, 0.15) is 78.6 Å². The predicted molar refractivity (Wildman–Crippen MR) is 130 cm³/mol. The van der Waals surface area contributed by atoms with Crippen LogP contribution in [-0.2, 0) is 14.9 Å². The molecule has 4 saturated carbocycles. The highest BCUT2D eigenvalue weighted by Crippen LogP contribution is 2.68. The molecule has 4 N–H and O–H groups in total. The number of amides is 1. The average Bonchev–Trinajstić information content (AvgIpc) is 3.08. The molecule has 9 heteroatoms. The third-order valence-corrected chi connectivity index (χ3v) is 11.6. The van der Waals surface area contributed by atoms with Gasteiger partial charge in [-0.25, -0.2) is 8.42 Å². The lowest BCUT2D eigenvalue weighted by molar-refractivity contribution is -0.213. The molecule has 11 atom stereocenters. The van der Waals surface area contributed by atoms with Crippen molar-refractivity contribution in [2.24, 2.45) is 46.3 Å². The van der Waals surface area contributed by atoms with Gasteiger partial charge in [-0.1, -0.05) is 20.8 Å². The Hall–Kier alpha value is -0.740. The van der Waals surface area contributed by atoms with Crippen LogP contribution in [0.4, 0.5) is 0 Å². The first kappa shape index (κ1) is 27.3. The van der Waals surface area contributed by atoms with Crippen LogP contribution in [-0.4, -0.2) is 64.8 Å². The second-order valence-electron chi connectivity index (χ2n) is 12.7. The normalized spacial score (nSPS) is 46.3. The van der Waals surface area contributed by atoms with Crippen LogP contribution in [0.5, 0.6) is 0 Å². The standard InChI is InChI=1S/C26H45NO7S/c1-15(4-7-22(31)27-10-11-35(32,33)34)18-5-6-19-23-20(29)13-16-12-17(28)8-9-25(16,2)24(23)21(30)14-26(18,19)3/h15-21,23-24,28-30H,4-14H2,1-3H3,(H,27,31)(H,32,33,34)/p-1/t15-,16+,17-,18-,19+,20-,21-,23-,24+,25+,26-/m1/s1. The topological polar surface area (TPSA) is 147 Å². The summed E-state index contributed by atoms with van der Waals surface area (Å²) in [4.78, 5) is 12.2. The number of aliphatic hydroxyl groups is 3. The highest BCUT2D eigenvalue weighted by atomic mass is 32.2. The molecule has 4 aliphatic rings. The van der Waals surface area contributed by atoms with E-state index in [2.05, 4.69) is 26.1 Å². The minimum Gasteiger partial charge on any atom is -0.748 e. The summed E-state index contributed by atoms with van der Waals surface area (Å²) >= 11 is 0. The Balaban J connectivity index is 1.43. The summed E-state index contributed by atoms with van der Waals surface area (Å²) in [6.07, 6.45) is 5.52. The first-order valence-electron chi connectivity index (χ1n) is 13.5. The Morgan fingerprint density at radius 2 is 1.80 bits per heavy atom. The molecule has 0 aromatic rings. The van der Waals surface area contributed by atoms with E-state index in [9.17, 15) is 33.1 Å². The highest BCUT2D eigenvalue weighted by Gasteiger charge is 2.65. The molecular weight excluding hydrogens is 470 g/mol. The van der Waals surface area contributed by atoms with Crippen molar-refractivity contribution in [3.8, 4) is 0 Å². The summed E-state index contributed by atoms with van der Waals surface area (Å²) in [5.74, 6) is 0.434. The second kappa shape index (κ2) is 9.86. The number of aliphatic hydroxyl groups excluding tert-OH is 3. The fraction of sp³-hybridized carbons (Fsp3) is 0.962. The lowest BCUT2D eigenvalue weighted by atomic mass is 9.43. The quantitative estimate of drug-likeness (QED) is 0.380. The fourth-order valence-corrected chi connectivity index (χ4v) is 9.60. The molecule has 4 fully saturated rings. The SMILES string of the molecule is C[C@H](CCC(=O)NCCS(=O)(=O)[O-])[C@H]1CC[C@H]2[C@H]3[C@H]([C@H](O)C[C@]12C)[C@@]1(C)CC[C@@H](O)C[C@H]1C[C@H]3O. The Kier molecular flexibility index (Phi) is 7.69. The molecule has 0 aromatic carbocycles. The number of hydrogen-bond acceptors (Lipinski definition) is 7. The molecule has 4 rings (SSSR count). The summed E-state index contributed by atoms with van der Waals surface area (Å²) in [6, 6.07) is 0. The number of hydrogen-bond donors (Lipinski definition) is 4. The van der Waals surface area contributed by atoms with Crippen molar-refractivity contribution in [1.29, 1.82) is 0 Å². The molecule has 0 aromatic heterocycles. The second-order valence-corrected chi connectivity index (χ2v) is 14.3. The summed E-state index contributed by atoms with van der Waals surface area (Å²) in [5.41, 5.74) is -0.158. The first-order chi connectivity index (χ1) is 16.3. The van der Waals surface area contributed by atoms with Gasteiger partial charge in [-0.3, -0.25) is 4.79 Å². The van der Waals surface area contributed by atoms with E-state index >= 15 is 0 Å². The minimum absolute atomic E-state index is 0.0523. The largest absolute Gasteiger partial charge is 0.748 e. The van der Waals surface area contributed by atoms with E-state index in [4.69, 9.17) is 0 Å². The van der Waals surface area contributed by atoms with Gasteiger partial charge < -0.3 is 25.2 Å². The lowest BCUT2D eigenvalue weighted by Crippen LogP contribution is -2.63. The molecule has 1 amide bonds. The summed E-state index contributed by atoms with van der Waals surface area (Å²) in [5, 5.41) is 35.7. The van der Waals surface area contributed by atoms with E-state index < -0.39 is 28.1 Å². The van der Waals surface area contributed by atoms with Gasteiger partial charge in [-0.15, -0.1) is 0 Å². The van der Waals surface area contributed by atoms with Crippen molar-refractivity contribution < 1.29 is 33.1 Å². The zero-order valence-corrected chi connectivity index (χ0v) is 22.2. The predicted octanol–water partition coefficient (Wildman–Crippen LogP) is 2.03. The number of nitrogens with one attached hydrogen (secondary N) is 1. The van der Waals surface area contributed by atoms with Crippen LogP contribution in [0.25, 0.3) is 0 Å². The molecule has 0 aliphatic heterocycles. The zero-order valence-electron chi connectivity index (χ0n) is 21.4. The zero-order chi connectivity index (χ0) is 25.8. The molecule has 0 heterocycles. The monoisotopic (exact) mass is 514 g/mol. The van der Waals surface area contributed by atoms with E-state index in [-0.39, 0.29) is 59.5 Å². The van der Waals surface area contributed by atoms with Gasteiger partial charge in [0.25, 0.3) is 0 Å². The molecule has 0 bridgehead atoms. The fourth-order valence-electron chi connectivity index (χ4n) is 9.25. The first-order valence-corrected chi connectivity index (χ1v) is 15.1. The van der Waals surface area contributed by atoms with Gasteiger partial charge in [0.05, 0.1) is 34.2 Å². The van der Waals surface area contributed by atoms with Crippen molar-refractivity contribution in [3.05, 3.63) is 0 Å². The molecule has 4 aliphatic carbocycles. The Morgan fingerprint density at radius 3 is 2.49 bits per heavy atom. The van der Waals surface area contributed by atoms with Gasteiger partial charge in [0.2, 0.25) is 5.91 Å². The van der Waals surface area contributed by atoms with Crippen LogP contribution >= 0.6 is 0 Å². The number of rotatable bonds is 7. The summed E-state index contributed by atoms with van der Waals surface area (Å²) in [7, 11) is -4.34. The number of carbonyl (C=O) groups is 1. The van der Waals surface area contributed by atoms with E-state index in [1.165, 1.54) is 0 Å². The Labute approximate surface area is 210 Å². The van der Waals surface area contributed by atoms with Crippen molar-refractivity contribution in [3.63, 3.8) is 0 Å². The van der Waals surface area contributed by atoms with Crippen molar-refractivity contribution >= 4 is 16.0 Å². The maximum absolute atomic E-state index is 12.2. The highest BCUT2D eigenvalue weighted by molar-refractivity contribution is 7.85. The molecule has 35 heavy (non-hydrogen) atoms. The smallest absolute Gasteiger partial charge is 0.220 e. The van der Waals surface area contributed by atoms with E-state index in [1.54, 1.807) is 0 Å².